The van der Waals surface area contributed by atoms with Crippen LogP contribution in [0.5, 0.6) is 0 Å². The van der Waals surface area contributed by atoms with E-state index in [4.69, 9.17) is 4.84 Å². The highest BCUT2D eigenvalue weighted by atomic mass is 16.7. The molecule has 1 fully saturated rings. The zero-order chi connectivity index (χ0) is 5.82. The average molecular weight is 116 g/mol. The second kappa shape index (κ2) is 3.02. The first-order valence-corrected chi connectivity index (χ1v) is 2.96. The van der Waals surface area contributed by atoms with Crippen molar-refractivity contribution in [3.8, 4) is 0 Å². The van der Waals surface area contributed by atoms with Gasteiger partial charge in [0.25, 0.3) is 0 Å². The Bertz CT molecular complexity index is 61.4. The smallest absolute Gasteiger partial charge is 0.0926 e. The third-order valence-corrected chi connectivity index (χ3v) is 1.30. The molecule has 1 heterocycles. The number of hydrogen-bond acceptors (Lipinski definition) is 3. The minimum atomic E-state index is 0.389. The fraction of sp³-hybridized carbons (Fsp3) is 1.00. The Balaban J connectivity index is 2.06. The van der Waals surface area contributed by atoms with E-state index in [1.54, 1.807) is 7.05 Å². The molecule has 3 heteroatoms. The zero-order valence-corrected chi connectivity index (χ0v) is 5.11. The number of hydroxylamine groups is 1. The Morgan fingerprint density at radius 2 is 2.62 bits per heavy atom. The summed E-state index contributed by atoms with van der Waals surface area (Å²) in [6, 6.07) is 0. The molecule has 0 spiro atoms. The monoisotopic (exact) mass is 116 g/mol. The van der Waals surface area contributed by atoms with Crippen LogP contribution in [0, 0.1) is 0 Å². The third kappa shape index (κ3) is 1.43. The van der Waals surface area contributed by atoms with Crippen LogP contribution in [0.2, 0.25) is 0 Å². The summed E-state index contributed by atoms with van der Waals surface area (Å²) in [4.78, 5) is 5.09. The third-order valence-electron chi connectivity index (χ3n) is 1.30. The van der Waals surface area contributed by atoms with E-state index >= 15 is 0 Å². The maximum absolute atomic E-state index is 5.09. The summed E-state index contributed by atoms with van der Waals surface area (Å²) in [5, 5.41) is 3.19. The minimum Gasteiger partial charge on any atom is -0.314 e. The molecule has 0 aliphatic carbocycles. The molecule has 0 aromatic carbocycles. The largest absolute Gasteiger partial charge is 0.314 e. The normalized spacial score (nSPS) is 28.9. The molecule has 48 valence electrons. The molecule has 0 saturated carbocycles. The van der Waals surface area contributed by atoms with Gasteiger partial charge in [-0.05, 0) is 13.0 Å². The highest BCUT2D eigenvalue weighted by Gasteiger charge is 2.13. The number of nitrogens with one attached hydrogen (secondary N) is 2. The first kappa shape index (κ1) is 6.01. The van der Waals surface area contributed by atoms with Crippen molar-refractivity contribution in [3.05, 3.63) is 0 Å². The lowest BCUT2D eigenvalue weighted by Gasteiger charge is -2.05. The van der Waals surface area contributed by atoms with E-state index in [1.807, 2.05) is 0 Å². The predicted molar refractivity (Wildman–Crippen MR) is 31.4 cm³/mol. The quantitative estimate of drug-likeness (QED) is 0.477. The van der Waals surface area contributed by atoms with Crippen molar-refractivity contribution in [2.45, 2.75) is 12.5 Å². The van der Waals surface area contributed by atoms with E-state index in [2.05, 4.69) is 10.8 Å². The molecule has 1 rings (SSSR count). The van der Waals surface area contributed by atoms with E-state index in [0.29, 0.717) is 6.10 Å². The molecule has 2 N–H and O–H groups in total. The molecular formula is C5H12N2O. The number of hydrogen-bond donors (Lipinski definition) is 2. The first-order valence-electron chi connectivity index (χ1n) is 2.96. The van der Waals surface area contributed by atoms with Crippen LogP contribution in [0.25, 0.3) is 0 Å². The minimum absolute atomic E-state index is 0.389. The molecular weight excluding hydrogens is 104 g/mol. The van der Waals surface area contributed by atoms with Gasteiger partial charge < -0.3 is 5.32 Å². The van der Waals surface area contributed by atoms with Crippen molar-refractivity contribution in [2.24, 2.45) is 0 Å². The van der Waals surface area contributed by atoms with Crippen LogP contribution in [0.15, 0.2) is 0 Å². The van der Waals surface area contributed by atoms with E-state index in [0.717, 1.165) is 19.5 Å². The molecule has 0 radical (unpaired) electrons. The summed E-state index contributed by atoms with van der Waals surface area (Å²) in [6.07, 6.45) is 1.51. The van der Waals surface area contributed by atoms with Crippen LogP contribution < -0.4 is 10.8 Å². The summed E-state index contributed by atoms with van der Waals surface area (Å²) < 4.78 is 0. The fourth-order valence-corrected chi connectivity index (χ4v) is 0.895. The highest BCUT2D eigenvalue weighted by Crippen LogP contribution is 1.99. The summed E-state index contributed by atoms with van der Waals surface area (Å²) in [6.45, 7) is 2.08. The van der Waals surface area contributed by atoms with Gasteiger partial charge in [-0.25, -0.2) is 5.48 Å². The van der Waals surface area contributed by atoms with Gasteiger partial charge in [0.15, 0.2) is 0 Å². The van der Waals surface area contributed by atoms with E-state index in [9.17, 15) is 0 Å². The van der Waals surface area contributed by atoms with Gasteiger partial charge in [0, 0.05) is 13.6 Å². The first-order chi connectivity index (χ1) is 3.93. The molecule has 0 bridgehead atoms. The molecule has 1 unspecified atom stereocenters. The van der Waals surface area contributed by atoms with Crippen molar-refractivity contribution in [3.63, 3.8) is 0 Å². The Labute approximate surface area is 49.4 Å². The molecule has 0 aromatic rings. The van der Waals surface area contributed by atoms with Gasteiger partial charge in [-0.3, -0.25) is 4.84 Å². The van der Waals surface area contributed by atoms with Gasteiger partial charge in [0.05, 0.1) is 6.10 Å². The van der Waals surface area contributed by atoms with E-state index in [-0.39, 0.29) is 0 Å². The second-order valence-electron chi connectivity index (χ2n) is 1.94. The van der Waals surface area contributed by atoms with Crippen molar-refractivity contribution < 1.29 is 4.84 Å². The van der Waals surface area contributed by atoms with Crippen LogP contribution in [0.1, 0.15) is 6.42 Å². The highest BCUT2D eigenvalue weighted by molar-refractivity contribution is 4.69. The lowest BCUT2D eigenvalue weighted by molar-refractivity contribution is 0.0000168. The SMILES string of the molecule is CNOC1CCNC1. The summed E-state index contributed by atoms with van der Waals surface area (Å²) >= 11 is 0. The zero-order valence-electron chi connectivity index (χ0n) is 5.11. The van der Waals surface area contributed by atoms with Crippen LogP contribution in [0.3, 0.4) is 0 Å². The average Bonchev–Trinajstić information content (AvgIpc) is 2.19. The standard InChI is InChI=1S/C5H12N2O/c1-6-8-5-2-3-7-4-5/h5-7H,2-4H2,1H3. The fourth-order valence-electron chi connectivity index (χ4n) is 0.895. The van der Waals surface area contributed by atoms with Crippen molar-refractivity contribution in [1.82, 2.24) is 10.8 Å². The van der Waals surface area contributed by atoms with Crippen molar-refractivity contribution in [1.29, 1.82) is 0 Å². The van der Waals surface area contributed by atoms with Gasteiger partial charge in [-0.15, -0.1) is 0 Å². The maximum atomic E-state index is 5.09. The van der Waals surface area contributed by atoms with Gasteiger partial charge in [-0.2, -0.15) is 0 Å². The molecule has 1 atom stereocenters. The van der Waals surface area contributed by atoms with Crippen LogP contribution >= 0.6 is 0 Å². The van der Waals surface area contributed by atoms with Crippen molar-refractivity contribution in [2.75, 3.05) is 20.1 Å². The lowest BCUT2D eigenvalue weighted by Crippen LogP contribution is -2.22. The van der Waals surface area contributed by atoms with Crippen LogP contribution in [0.4, 0.5) is 0 Å². The molecule has 1 aliphatic rings. The van der Waals surface area contributed by atoms with E-state index < -0.39 is 0 Å². The Morgan fingerprint density at radius 1 is 1.75 bits per heavy atom. The topological polar surface area (TPSA) is 33.3 Å². The summed E-state index contributed by atoms with van der Waals surface area (Å²) in [7, 11) is 1.79. The van der Waals surface area contributed by atoms with Crippen molar-refractivity contribution >= 4 is 0 Å². The Hall–Kier alpha value is -0.120. The number of rotatable bonds is 2. The van der Waals surface area contributed by atoms with Gasteiger partial charge in [0.1, 0.15) is 0 Å². The molecule has 3 nitrogen and oxygen atoms in total. The molecule has 1 saturated heterocycles. The lowest BCUT2D eigenvalue weighted by atomic mass is 10.3. The van der Waals surface area contributed by atoms with Crippen LogP contribution in [-0.2, 0) is 4.84 Å². The summed E-state index contributed by atoms with van der Waals surface area (Å²) in [5.74, 6) is 0. The second-order valence-corrected chi connectivity index (χ2v) is 1.94. The molecule has 0 amide bonds. The molecule has 8 heavy (non-hydrogen) atoms. The summed E-state index contributed by atoms with van der Waals surface area (Å²) in [5.41, 5.74) is 2.67. The molecule has 0 aromatic heterocycles. The van der Waals surface area contributed by atoms with E-state index in [1.165, 1.54) is 0 Å². The Kier molecular flexibility index (Phi) is 2.27. The van der Waals surface area contributed by atoms with Gasteiger partial charge in [0.2, 0.25) is 0 Å². The van der Waals surface area contributed by atoms with Gasteiger partial charge in [-0.1, -0.05) is 0 Å². The maximum Gasteiger partial charge on any atom is 0.0926 e. The molecule has 1 aliphatic heterocycles. The predicted octanol–water partition coefficient (Wildman–Crippen LogP) is -0.501. The van der Waals surface area contributed by atoms with Crippen LogP contribution in [-0.4, -0.2) is 26.2 Å². The van der Waals surface area contributed by atoms with Gasteiger partial charge >= 0.3 is 0 Å². The Morgan fingerprint density at radius 3 is 3.12 bits per heavy atom.